The quantitative estimate of drug-likeness (QED) is 0.638. The number of likely N-dealkylation sites (N-methyl/N-ethyl adjacent to an activating group) is 1. The van der Waals surface area contributed by atoms with Crippen LogP contribution in [0.5, 0.6) is 0 Å². The zero-order valence-electron chi connectivity index (χ0n) is 18.0. The summed E-state index contributed by atoms with van der Waals surface area (Å²) in [5.41, 5.74) is 1.67. The van der Waals surface area contributed by atoms with Gasteiger partial charge in [-0.1, -0.05) is 12.8 Å². The summed E-state index contributed by atoms with van der Waals surface area (Å²) in [6.07, 6.45) is 11.0. The highest BCUT2D eigenvalue weighted by atomic mass is 32.1. The van der Waals surface area contributed by atoms with E-state index >= 15 is 0 Å². The molecular weight excluding hydrogens is 394 g/mol. The van der Waals surface area contributed by atoms with E-state index in [4.69, 9.17) is 17.2 Å². The molecule has 2 heterocycles. The highest BCUT2D eigenvalue weighted by Crippen LogP contribution is 2.18. The highest BCUT2D eigenvalue weighted by Gasteiger charge is 2.20. The number of fused-ring (bicyclic) bond motifs is 2. The summed E-state index contributed by atoms with van der Waals surface area (Å²) in [5.74, 6) is 0.924. The molecule has 2 aliphatic rings. The normalized spacial score (nSPS) is 18.4. The minimum atomic E-state index is 0.0668. The number of rotatable bonds is 5. The Balaban J connectivity index is 1.37. The summed E-state index contributed by atoms with van der Waals surface area (Å²) in [4.78, 5) is 19.4. The largest absolute Gasteiger partial charge is 0.357 e. The molecule has 4 rings (SSSR count). The van der Waals surface area contributed by atoms with Crippen LogP contribution in [0.4, 0.5) is 5.69 Å². The van der Waals surface area contributed by atoms with E-state index in [9.17, 15) is 4.79 Å². The Hall–Kier alpha value is -1.99. The van der Waals surface area contributed by atoms with E-state index in [1.165, 1.54) is 32.1 Å². The van der Waals surface area contributed by atoms with E-state index in [1.54, 1.807) is 4.90 Å². The fourth-order valence-electron chi connectivity index (χ4n) is 4.84. The first-order chi connectivity index (χ1) is 14.6. The first-order valence-corrected chi connectivity index (χ1v) is 11.9. The Morgan fingerprint density at radius 3 is 2.83 bits per heavy atom. The number of hydrogen-bond acceptors (Lipinski definition) is 3. The second-order valence-electron chi connectivity index (χ2n) is 8.84. The van der Waals surface area contributed by atoms with Crippen LogP contribution in [0.1, 0.15) is 57.2 Å². The number of aryl methyl sites for hydroxylation is 1. The van der Waals surface area contributed by atoms with Gasteiger partial charge in [-0.25, -0.2) is 4.98 Å². The molecule has 6 nitrogen and oxygen atoms in total. The number of quaternary nitrogens is 1. The van der Waals surface area contributed by atoms with Crippen LogP contribution in [0, 0.1) is 0 Å². The molecule has 3 N–H and O–H groups in total. The van der Waals surface area contributed by atoms with Gasteiger partial charge in [0.1, 0.15) is 5.82 Å². The number of benzene rings is 1. The Bertz CT molecular complexity index is 950. The lowest BCUT2D eigenvalue weighted by atomic mass is 9.94. The van der Waals surface area contributed by atoms with Gasteiger partial charge in [0.25, 0.3) is 5.56 Å². The van der Waals surface area contributed by atoms with Crippen LogP contribution in [0.15, 0.2) is 23.0 Å². The molecule has 1 atom stereocenters. The molecule has 0 bridgehead atoms. The number of nitrogens with zero attached hydrogens (tertiary/aromatic N) is 2. The lowest BCUT2D eigenvalue weighted by molar-refractivity contribution is -0.906. The third kappa shape index (κ3) is 5.01. The fourth-order valence-corrected chi connectivity index (χ4v) is 5.06. The maximum absolute atomic E-state index is 13.0. The minimum absolute atomic E-state index is 0.0668. The van der Waals surface area contributed by atoms with Gasteiger partial charge in [0.2, 0.25) is 0 Å². The molecule has 0 radical (unpaired) electrons. The van der Waals surface area contributed by atoms with Gasteiger partial charge in [0.15, 0.2) is 5.11 Å². The van der Waals surface area contributed by atoms with Gasteiger partial charge in [-0.15, -0.1) is 0 Å². The van der Waals surface area contributed by atoms with Crippen molar-refractivity contribution in [3.05, 3.63) is 34.4 Å². The van der Waals surface area contributed by atoms with Gasteiger partial charge in [0.05, 0.1) is 37.1 Å². The van der Waals surface area contributed by atoms with Crippen molar-refractivity contribution < 1.29 is 4.90 Å². The summed E-state index contributed by atoms with van der Waals surface area (Å²) in [6.45, 7) is 2.67. The highest BCUT2D eigenvalue weighted by molar-refractivity contribution is 7.80. The topological polar surface area (TPSA) is 63.4 Å². The summed E-state index contributed by atoms with van der Waals surface area (Å²) in [5, 5.41) is 7.83. The maximum Gasteiger partial charge on any atom is 0.261 e. The molecule has 30 heavy (non-hydrogen) atoms. The average Bonchev–Trinajstić information content (AvgIpc) is 3.00. The predicted molar refractivity (Wildman–Crippen MR) is 126 cm³/mol. The number of nitrogens with one attached hydrogen (secondary N) is 3. The molecule has 1 aromatic carbocycles. The average molecular weight is 429 g/mol. The van der Waals surface area contributed by atoms with E-state index in [-0.39, 0.29) is 5.56 Å². The number of anilines is 1. The van der Waals surface area contributed by atoms with Crippen LogP contribution in [0.2, 0.25) is 0 Å². The Kier molecular flexibility index (Phi) is 7.00. The zero-order chi connectivity index (χ0) is 20.9. The third-order valence-electron chi connectivity index (χ3n) is 6.68. The molecule has 0 spiro atoms. The van der Waals surface area contributed by atoms with E-state index in [1.807, 2.05) is 22.8 Å². The molecule has 1 aliphatic heterocycles. The van der Waals surface area contributed by atoms with Crippen molar-refractivity contribution in [2.24, 2.45) is 0 Å². The van der Waals surface area contributed by atoms with Crippen molar-refractivity contribution in [1.82, 2.24) is 14.9 Å². The van der Waals surface area contributed by atoms with Gasteiger partial charge in [-0.3, -0.25) is 9.36 Å². The Morgan fingerprint density at radius 2 is 2.00 bits per heavy atom. The lowest BCUT2D eigenvalue weighted by Crippen LogP contribution is -3.13. The molecule has 2 aromatic rings. The van der Waals surface area contributed by atoms with Crippen LogP contribution in [0.25, 0.3) is 10.9 Å². The van der Waals surface area contributed by atoms with E-state index in [0.717, 1.165) is 68.4 Å². The second-order valence-corrected chi connectivity index (χ2v) is 9.25. The maximum atomic E-state index is 13.0. The van der Waals surface area contributed by atoms with Gasteiger partial charge < -0.3 is 15.5 Å². The minimum Gasteiger partial charge on any atom is -0.357 e. The molecule has 1 unspecified atom stereocenters. The van der Waals surface area contributed by atoms with Gasteiger partial charge in [-0.2, -0.15) is 0 Å². The molecule has 162 valence electrons. The SMILES string of the molecule is C[NH+](CCNC(=S)Nc1ccc2nc3n(c(=O)c2c1)CCCCC3)C1CCCCC1. The van der Waals surface area contributed by atoms with Gasteiger partial charge in [-0.05, 0) is 68.9 Å². The summed E-state index contributed by atoms with van der Waals surface area (Å²) in [6, 6.07) is 6.55. The van der Waals surface area contributed by atoms with Crippen LogP contribution in [-0.2, 0) is 13.0 Å². The zero-order valence-corrected chi connectivity index (χ0v) is 18.8. The Morgan fingerprint density at radius 1 is 1.20 bits per heavy atom. The van der Waals surface area contributed by atoms with Crippen LogP contribution in [-0.4, -0.2) is 40.8 Å². The van der Waals surface area contributed by atoms with Crippen molar-refractivity contribution in [3.8, 4) is 0 Å². The fraction of sp³-hybridized carbons (Fsp3) is 0.609. The first kappa shape index (κ1) is 21.2. The predicted octanol–water partition coefficient (Wildman–Crippen LogP) is 2.26. The van der Waals surface area contributed by atoms with Crippen LogP contribution in [0.3, 0.4) is 0 Å². The lowest BCUT2D eigenvalue weighted by Gasteiger charge is -2.28. The van der Waals surface area contributed by atoms with Gasteiger partial charge >= 0.3 is 0 Å². The molecule has 1 saturated carbocycles. The number of hydrogen-bond donors (Lipinski definition) is 3. The summed E-state index contributed by atoms with van der Waals surface area (Å²) < 4.78 is 1.86. The number of thiocarbonyl (C=S) groups is 1. The monoisotopic (exact) mass is 428 g/mol. The third-order valence-corrected chi connectivity index (χ3v) is 6.93. The molecule has 7 heteroatoms. The van der Waals surface area contributed by atoms with Gasteiger partial charge in [0, 0.05) is 18.7 Å². The van der Waals surface area contributed by atoms with Crippen LogP contribution < -0.4 is 21.1 Å². The number of aromatic nitrogens is 2. The van der Waals surface area contributed by atoms with Crippen molar-refractivity contribution in [3.63, 3.8) is 0 Å². The standard InChI is InChI=1S/C23H33N5OS/c1-27(18-8-4-2-5-9-18)15-13-24-23(30)25-17-11-12-20-19(16-17)22(29)28-14-7-3-6-10-21(28)26-20/h11-12,16,18H,2-10,13-15H2,1H3,(H2,24,25,30)/p+1. The second kappa shape index (κ2) is 9.88. The molecule has 0 saturated heterocycles. The molecule has 1 aliphatic carbocycles. The van der Waals surface area contributed by atoms with Crippen molar-refractivity contribution in [2.75, 3.05) is 25.5 Å². The molecule has 0 amide bonds. The van der Waals surface area contributed by atoms with Crippen molar-refractivity contribution in [1.29, 1.82) is 0 Å². The van der Waals surface area contributed by atoms with Crippen molar-refractivity contribution >= 4 is 33.9 Å². The van der Waals surface area contributed by atoms with Crippen molar-refractivity contribution in [2.45, 2.75) is 70.4 Å². The van der Waals surface area contributed by atoms with E-state index < -0.39 is 0 Å². The first-order valence-electron chi connectivity index (χ1n) is 11.5. The van der Waals surface area contributed by atoms with Crippen LogP contribution >= 0.6 is 12.2 Å². The van der Waals surface area contributed by atoms with E-state index in [2.05, 4.69) is 17.7 Å². The molecule has 1 aromatic heterocycles. The molecule has 1 fully saturated rings. The smallest absolute Gasteiger partial charge is 0.261 e. The van der Waals surface area contributed by atoms with E-state index in [0.29, 0.717) is 10.5 Å². The summed E-state index contributed by atoms with van der Waals surface area (Å²) >= 11 is 5.48. The Labute approximate surface area is 184 Å². The molecular formula is C23H34N5OS+. The summed E-state index contributed by atoms with van der Waals surface area (Å²) in [7, 11) is 2.29.